The molecule has 2 rings (SSSR count). The quantitative estimate of drug-likeness (QED) is 0.526. The maximum Gasteiger partial charge on any atom is 0.428 e. The van der Waals surface area contributed by atoms with E-state index in [0.717, 1.165) is 4.90 Å². The van der Waals surface area contributed by atoms with Crippen molar-refractivity contribution < 1.29 is 19.1 Å². The van der Waals surface area contributed by atoms with Gasteiger partial charge in [0.2, 0.25) is 0 Å². The molecule has 7 heteroatoms. The topological polar surface area (TPSA) is 88.1 Å². The highest BCUT2D eigenvalue weighted by atomic mass is 16.6. The minimum Gasteiger partial charge on any atom is -0.443 e. The molecule has 1 heterocycles. The number of carbonyl (C=O) groups is 3. The van der Waals surface area contributed by atoms with Gasteiger partial charge in [-0.1, -0.05) is 12.1 Å². The Morgan fingerprint density at radius 1 is 1.17 bits per heavy atom. The molecular weight excluding hydrogens is 298 g/mol. The second-order valence-corrected chi connectivity index (χ2v) is 6.20. The summed E-state index contributed by atoms with van der Waals surface area (Å²) in [6.45, 7) is 6.83. The fourth-order valence-corrected chi connectivity index (χ4v) is 2.09. The van der Waals surface area contributed by atoms with Crippen molar-refractivity contribution in [3.8, 4) is 0 Å². The molecule has 1 aromatic carbocycles. The zero-order chi connectivity index (χ0) is 17.2. The maximum absolute atomic E-state index is 12.2. The Morgan fingerprint density at radius 2 is 1.70 bits per heavy atom. The molecular formula is C16H19N3O4. The molecule has 0 aliphatic carbocycles. The average molecular weight is 317 g/mol. The van der Waals surface area contributed by atoms with Gasteiger partial charge in [-0.05, 0) is 39.8 Å². The van der Waals surface area contributed by atoms with Gasteiger partial charge in [0.25, 0.3) is 11.8 Å². The monoisotopic (exact) mass is 317 g/mol. The van der Waals surface area contributed by atoms with E-state index in [1.54, 1.807) is 52.0 Å². The highest BCUT2D eigenvalue weighted by Gasteiger charge is 2.35. The van der Waals surface area contributed by atoms with E-state index >= 15 is 0 Å². The smallest absolute Gasteiger partial charge is 0.428 e. The predicted octanol–water partition coefficient (Wildman–Crippen LogP) is 2.18. The number of hydrazone groups is 1. The Labute approximate surface area is 134 Å². The van der Waals surface area contributed by atoms with Crippen LogP contribution in [0.25, 0.3) is 0 Å². The van der Waals surface area contributed by atoms with Gasteiger partial charge in [0.1, 0.15) is 5.60 Å². The number of carbonyl (C=O) groups excluding carboxylic acids is 3. The molecule has 1 N–H and O–H groups in total. The number of amides is 3. The van der Waals surface area contributed by atoms with E-state index in [0.29, 0.717) is 16.8 Å². The Morgan fingerprint density at radius 3 is 2.17 bits per heavy atom. The third kappa shape index (κ3) is 3.94. The van der Waals surface area contributed by atoms with Crippen molar-refractivity contribution >= 4 is 23.6 Å². The largest absolute Gasteiger partial charge is 0.443 e. The van der Waals surface area contributed by atoms with Crippen LogP contribution in [0.15, 0.2) is 29.4 Å². The van der Waals surface area contributed by atoms with E-state index in [9.17, 15) is 14.4 Å². The molecule has 3 amide bonds. The lowest BCUT2D eigenvalue weighted by Gasteiger charge is -2.19. The lowest BCUT2D eigenvalue weighted by Crippen LogP contribution is -2.35. The van der Waals surface area contributed by atoms with Crippen molar-refractivity contribution in [2.45, 2.75) is 33.3 Å². The number of nitrogens with zero attached hydrogens (tertiary/aromatic N) is 2. The van der Waals surface area contributed by atoms with Gasteiger partial charge in [-0.2, -0.15) is 5.10 Å². The molecule has 0 spiro atoms. The molecule has 0 bridgehead atoms. The van der Waals surface area contributed by atoms with Gasteiger partial charge in [-0.25, -0.2) is 10.2 Å². The Bertz CT molecular complexity index is 654. The molecule has 0 saturated carbocycles. The molecule has 1 aliphatic rings. The van der Waals surface area contributed by atoms with Gasteiger partial charge in [0, 0.05) is 0 Å². The fraction of sp³-hybridized carbons (Fsp3) is 0.375. The summed E-state index contributed by atoms with van der Waals surface area (Å²) >= 11 is 0. The van der Waals surface area contributed by atoms with Crippen LogP contribution in [0.4, 0.5) is 4.79 Å². The van der Waals surface area contributed by atoms with Crippen molar-refractivity contribution in [3.63, 3.8) is 0 Å². The number of imide groups is 1. The molecule has 0 radical (unpaired) electrons. The summed E-state index contributed by atoms with van der Waals surface area (Å²) < 4.78 is 5.05. The van der Waals surface area contributed by atoms with Crippen LogP contribution in [0, 0.1) is 0 Å². The summed E-state index contributed by atoms with van der Waals surface area (Å²) in [4.78, 5) is 37.0. The molecule has 122 valence electrons. The van der Waals surface area contributed by atoms with Gasteiger partial charge >= 0.3 is 6.09 Å². The van der Waals surface area contributed by atoms with Crippen LogP contribution in [0.5, 0.6) is 0 Å². The van der Waals surface area contributed by atoms with E-state index < -0.39 is 11.7 Å². The van der Waals surface area contributed by atoms with Crippen molar-refractivity contribution in [2.24, 2.45) is 5.10 Å². The molecule has 0 aromatic heterocycles. The van der Waals surface area contributed by atoms with Crippen LogP contribution < -0.4 is 5.43 Å². The van der Waals surface area contributed by atoms with E-state index in [-0.39, 0.29) is 18.4 Å². The van der Waals surface area contributed by atoms with Gasteiger partial charge in [-0.15, -0.1) is 0 Å². The van der Waals surface area contributed by atoms with Crippen molar-refractivity contribution in [2.75, 3.05) is 6.54 Å². The van der Waals surface area contributed by atoms with Gasteiger partial charge in [-0.3, -0.25) is 14.5 Å². The zero-order valence-electron chi connectivity index (χ0n) is 13.5. The van der Waals surface area contributed by atoms with Crippen LogP contribution in [0.2, 0.25) is 0 Å². The Balaban J connectivity index is 2.00. The molecule has 0 atom stereocenters. The van der Waals surface area contributed by atoms with Crippen molar-refractivity contribution in [1.29, 1.82) is 0 Å². The number of fused-ring (bicyclic) bond motifs is 1. The Kier molecular flexibility index (Phi) is 4.49. The second kappa shape index (κ2) is 6.20. The van der Waals surface area contributed by atoms with E-state index in [1.807, 2.05) is 0 Å². The molecule has 0 unspecified atom stereocenters. The standard InChI is InChI=1S/C16H19N3O4/c1-10(17-18-15(22)23-16(2,3)4)9-19-13(20)11-7-5-6-8-12(11)14(19)21/h5-8H,9H2,1-4H3,(H,18,22). The summed E-state index contributed by atoms with van der Waals surface area (Å²) in [6, 6.07) is 6.64. The number of rotatable bonds is 3. The summed E-state index contributed by atoms with van der Waals surface area (Å²) in [5.74, 6) is -0.727. The fourth-order valence-electron chi connectivity index (χ4n) is 2.09. The maximum atomic E-state index is 12.2. The van der Waals surface area contributed by atoms with E-state index in [2.05, 4.69) is 10.5 Å². The first kappa shape index (κ1) is 16.7. The third-order valence-electron chi connectivity index (χ3n) is 3.00. The first-order chi connectivity index (χ1) is 10.7. The van der Waals surface area contributed by atoms with E-state index in [4.69, 9.17) is 4.74 Å². The first-order valence-corrected chi connectivity index (χ1v) is 7.16. The number of nitrogens with one attached hydrogen (secondary N) is 1. The molecule has 23 heavy (non-hydrogen) atoms. The second-order valence-electron chi connectivity index (χ2n) is 6.20. The molecule has 1 aliphatic heterocycles. The van der Waals surface area contributed by atoms with Crippen LogP contribution >= 0.6 is 0 Å². The third-order valence-corrected chi connectivity index (χ3v) is 3.00. The lowest BCUT2D eigenvalue weighted by atomic mass is 10.1. The highest BCUT2D eigenvalue weighted by molar-refractivity contribution is 6.22. The van der Waals surface area contributed by atoms with Crippen LogP contribution in [0.3, 0.4) is 0 Å². The minimum absolute atomic E-state index is 0.00213. The number of benzene rings is 1. The van der Waals surface area contributed by atoms with Crippen LogP contribution in [-0.2, 0) is 4.74 Å². The van der Waals surface area contributed by atoms with Gasteiger partial charge in [0.15, 0.2) is 0 Å². The summed E-state index contributed by atoms with van der Waals surface area (Å²) in [7, 11) is 0. The van der Waals surface area contributed by atoms with Gasteiger partial charge < -0.3 is 4.74 Å². The normalized spacial score (nSPS) is 14.8. The number of hydrogen-bond donors (Lipinski definition) is 1. The summed E-state index contributed by atoms with van der Waals surface area (Å²) in [6.07, 6.45) is -0.695. The van der Waals surface area contributed by atoms with E-state index in [1.165, 1.54) is 0 Å². The minimum atomic E-state index is -0.695. The number of hydrogen-bond acceptors (Lipinski definition) is 5. The SMILES string of the molecule is CC(CN1C(=O)c2ccccc2C1=O)=NNC(=O)OC(C)(C)C. The first-order valence-electron chi connectivity index (χ1n) is 7.16. The molecule has 7 nitrogen and oxygen atoms in total. The van der Waals surface area contributed by atoms with Crippen LogP contribution in [-0.4, -0.2) is 40.7 Å². The molecule has 0 saturated heterocycles. The average Bonchev–Trinajstić information content (AvgIpc) is 2.69. The number of ether oxygens (including phenoxy) is 1. The summed E-state index contributed by atoms with van der Waals surface area (Å²) in [5.41, 5.74) is 2.78. The highest BCUT2D eigenvalue weighted by Crippen LogP contribution is 2.22. The Hall–Kier alpha value is -2.70. The summed E-state index contributed by atoms with van der Waals surface area (Å²) in [5, 5.41) is 3.85. The zero-order valence-corrected chi connectivity index (χ0v) is 13.5. The van der Waals surface area contributed by atoms with Crippen LogP contribution in [0.1, 0.15) is 48.4 Å². The van der Waals surface area contributed by atoms with Crippen molar-refractivity contribution in [1.82, 2.24) is 10.3 Å². The van der Waals surface area contributed by atoms with Crippen molar-refractivity contribution in [3.05, 3.63) is 35.4 Å². The lowest BCUT2D eigenvalue weighted by molar-refractivity contribution is 0.0529. The predicted molar refractivity (Wildman–Crippen MR) is 84.3 cm³/mol. The molecule has 1 aromatic rings. The molecule has 0 fully saturated rings. The van der Waals surface area contributed by atoms with Gasteiger partial charge in [0.05, 0.1) is 23.4 Å².